The maximum Gasteiger partial charge on any atom is 0.0123 e. The van der Waals surface area contributed by atoms with E-state index in [4.69, 9.17) is 0 Å². The third-order valence-corrected chi connectivity index (χ3v) is 22.4. The molecule has 2 atom stereocenters. The van der Waals surface area contributed by atoms with Gasteiger partial charge < -0.3 is 0 Å². The Morgan fingerprint density at radius 1 is 0.208 bits per heavy atom. The van der Waals surface area contributed by atoms with Crippen molar-refractivity contribution in [3.05, 3.63) is 282 Å². The van der Waals surface area contributed by atoms with Gasteiger partial charge in [-0.3, -0.25) is 0 Å². The molecule has 0 aliphatic rings. The SMILES string of the molecule is Cc1ccc(Sc2ccc([SH](c3ccc(C)cc3)c3ccc(CCc4ccc([SH](c5ccc(C)cc5)c5ccc(Sc6ccc([SH](c7ccc(C)cc7)c7ccc(C)cc7)cc6)cc5)cc4)cc3)cc2)cc1. The molecule has 360 valence electrons. The largest absolute Gasteiger partial charge is 0.173 e. The molecule has 0 aliphatic heterocycles. The van der Waals surface area contributed by atoms with E-state index in [1.807, 2.05) is 23.5 Å². The molecule has 0 heterocycles. The maximum absolute atomic E-state index is 2.38. The summed E-state index contributed by atoms with van der Waals surface area (Å²) in [5, 5.41) is 0. The highest BCUT2D eigenvalue weighted by Crippen LogP contribution is 2.54. The number of thiol groups is 3. The van der Waals surface area contributed by atoms with Crippen LogP contribution in [0.4, 0.5) is 0 Å². The molecule has 0 bridgehead atoms. The minimum absolute atomic E-state index is 0.648. The first-order chi connectivity index (χ1) is 35.2. The molecule has 0 saturated heterocycles. The van der Waals surface area contributed by atoms with Gasteiger partial charge in [0.15, 0.2) is 0 Å². The minimum Gasteiger partial charge on any atom is -0.173 e. The van der Waals surface area contributed by atoms with E-state index in [1.54, 1.807) is 0 Å². The molecule has 72 heavy (non-hydrogen) atoms. The lowest BCUT2D eigenvalue weighted by molar-refractivity contribution is 0.955. The van der Waals surface area contributed by atoms with Gasteiger partial charge in [0, 0.05) is 19.6 Å². The van der Waals surface area contributed by atoms with Crippen LogP contribution in [0.15, 0.2) is 306 Å². The van der Waals surface area contributed by atoms with Crippen LogP contribution < -0.4 is 0 Å². The van der Waals surface area contributed by atoms with Crippen LogP contribution in [0.1, 0.15) is 38.9 Å². The first kappa shape index (κ1) is 49.5. The summed E-state index contributed by atoms with van der Waals surface area (Å²) in [6.07, 6.45) is 2.00. The van der Waals surface area contributed by atoms with Gasteiger partial charge in [-0.25, -0.2) is 0 Å². The van der Waals surface area contributed by atoms with Gasteiger partial charge in [0.1, 0.15) is 0 Å². The molecule has 10 rings (SSSR count). The van der Waals surface area contributed by atoms with Crippen LogP contribution in [0.2, 0.25) is 0 Å². The van der Waals surface area contributed by atoms with Crippen molar-refractivity contribution < 1.29 is 0 Å². The second kappa shape index (κ2) is 23.2. The normalized spacial score (nSPS) is 12.8. The maximum atomic E-state index is 2.38. The van der Waals surface area contributed by atoms with Crippen molar-refractivity contribution in [3.8, 4) is 0 Å². The third kappa shape index (κ3) is 12.4. The van der Waals surface area contributed by atoms with Gasteiger partial charge in [0.05, 0.1) is 0 Å². The Morgan fingerprint density at radius 3 is 0.569 bits per heavy atom. The number of hydrogen-bond donors (Lipinski definition) is 3. The van der Waals surface area contributed by atoms with Crippen molar-refractivity contribution in [2.45, 2.75) is 111 Å². The molecule has 0 radical (unpaired) electrons. The van der Waals surface area contributed by atoms with E-state index in [9.17, 15) is 0 Å². The van der Waals surface area contributed by atoms with Crippen LogP contribution in [-0.4, -0.2) is 0 Å². The highest BCUT2D eigenvalue weighted by molar-refractivity contribution is 8.17. The fourth-order valence-corrected chi connectivity index (χ4v) is 17.2. The van der Waals surface area contributed by atoms with Gasteiger partial charge in [0.2, 0.25) is 0 Å². The Labute approximate surface area is 445 Å². The molecule has 0 fully saturated rings. The first-order valence-electron chi connectivity index (χ1n) is 24.7. The highest BCUT2D eigenvalue weighted by Gasteiger charge is 2.17. The minimum atomic E-state index is -0.728. The number of rotatable bonds is 16. The summed E-state index contributed by atoms with van der Waals surface area (Å²) >= 11 is 3.66. The lowest BCUT2D eigenvalue weighted by atomic mass is 10.0. The van der Waals surface area contributed by atoms with E-state index in [0.717, 1.165) is 12.8 Å². The predicted molar refractivity (Wildman–Crippen MR) is 315 cm³/mol. The molecule has 0 saturated carbocycles. The van der Waals surface area contributed by atoms with Crippen molar-refractivity contribution >= 4 is 56.2 Å². The van der Waals surface area contributed by atoms with E-state index in [0.29, 0.717) is 0 Å². The summed E-state index contributed by atoms with van der Waals surface area (Å²) in [6, 6.07) is 92.2. The van der Waals surface area contributed by atoms with Crippen molar-refractivity contribution in [3.63, 3.8) is 0 Å². The van der Waals surface area contributed by atoms with Crippen molar-refractivity contribution in [2.75, 3.05) is 0 Å². The van der Waals surface area contributed by atoms with Gasteiger partial charge in [-0.1, -0.05) is 136 Å². The van der Waals surface area contributed by atoms with Gasteiger partial charge in [-0.15, -0.1) is 0 Å². The van der Waals surface area contributed by atoms with Crippen LogP contribution in [-0.2, 0) is 12.8 Å². The quantitative estimate of drug-likeness (QED) is 0.0825. The second-order valence-corrected chi connectivity index (χ2v) is 27.6. The lowest BCUT2D eigenvalue weighted by Crippen LogP contribution is -1.94. The summed E-state index contributed by atoms with van der Waals surface area (Å²) in [4.78, 5) is 17.4. The smallest absolute Gasteiger partial charge is 0.0123 e. The summed E-state index contributed by atoms with van der Waals surface area (Å²) in [5.74, 6) is 0. The molecule has 0 nitrogen and oxygen atoms in total. The Bertz CT molecular complexity index is 3270. The van der Waals surface area contributed by atoms with Crippen molar-refractivity contribution in [1.29, 1.82) is 0 Å². The van der Waals surface area contributed by atoms with Crippen LogP contribution in [0.3, 0.4) is 0 Å². The Kier molecular flexibility index (Phi) is 16.0. The van der Waals surface area contributed by atoms with E-state index in [2.05, 4.69) is 277 Å². The van der Waals surface area contributed by atoms with E-state index in [1.165, 1.54) is 103 Å². The molecule has 0 aromatic heterocycles. The van der Waals surface area contributed by atoms with Gasteiger partial charge >= 0.3 is 0 Å². The third-order valence-electron chi connectivity index (χ3n) is 13.0. The Morgan fingerprint density at radius 2 is 0.361 bits per heavy atom. The predicted octanol–water partition coefficient (Wildman–Crippen LogP) is 19.8. The zero-order chi connectivity index (χ0) is 49.4. The highest BCUT2D eigenvalue weighted by atomic mass is 32.2. The van der Waals surface area contributed by atoms with E-state index < -0.39 is 32.7 Å². The molecule has 10 aromatic rings. The fraction of sp³-hybridized carbons (Fsp3) is 0.104. The molecule has 0 spiro atoms. The summed E-state index contributed by atoms with van der Waals surface area (Å²) in [5.41, 5.74) is 9.19. The van der Waals surface area contributed by atoms with Gasteiger partial charge in [0.25, 0.3) is 0 Å². The van der Waals surface area contributed by atoms with Gasteiger partial charge in [-0.05, 0) is 260 Å². The first-order valence-corrected chi connectivity index (χ1v) is 30.4. The molecular formula is C67H62S5. The van der Waals surface area contributed by atoms with Crippen LogP contribution in [0.5, 0.6) is 0 Å². The molecular weight excluding hydrogens is 965 g/mol. The summed E-state index contributed by atoms with van der Waals surface area (Å²) in [6.45, 7) is 10.8. The fourth-order valence-electron chi connectivity index (χ4n) is 8.90. The Balaban J connectivity index is 0.817. The summed E-state index contributed by atoms with van der Waals surface area (Å²) < 4.78 is 0. The molecule has 0 N–H and O–H groups in total. The molecule has 5 heteroatoms. The molecule has 2 unspecified atom stereocenters. The topological polar surface area (TPSA) is 0 Å². The average molecular weight is 1030 g/mol. The van der Waals surface area contributed by atoms with E-state index in [-0.39, 0.29) is 0 Å². The zero-order valence-corrected chi connectivity index (χ0v) is 46.0. The summed E-state index contributed by atoms with van der Waals surface area (Å²) in [7, 11) is -2.07. The van der Waals surface area contributed by atoms with E-state index >= 15 is 0 Å². The van der Waals surface area contributed by atoms with Crippen LogP contribution in [0, 0.1) is 34.6 Å². The van der Waals surface area contributed by atoms with Gasteiger partial charge in [-0.2, -0.15) is 32.7 Å². The van der Waals surface area contributed by atoms with Crippen LogP contribution in [0.25, 0.3) is 0 Å². The standard InChI is InChI=1S/C67H62S5/c1-48-6-22-55(23-7-48)68-56-24-44-66(45-25-56)71(61-34-12-51(4)13-35-61)63-38-18-53(19-39-63)16-17-54-20-40-64(41-21-54)72(62-36-14-52(5)15-37-62)67-46-28-58(29-47-67)69-57-26-42-65(43-27-57)70(59-30-8-49(2)9-31-59)60-32-10-50(3)11-33-60/h6-15,18-47,70-72H,16-17H2,1-5H3. The zero-order valence-electron chi connectivity index (χ0n) is 41.7. The lowest BCUT2D eigenvalue weighted by Gasteiger charge is -2.24. The monoisotopic (exact) mass is 1030 g/mol. The van der Waals surface area contributed by atoms with Crippen molar-refractivity contribution in [2.24, 2.45) is 0 Å². The number of hydrogen-bond acceptors (Lipinski definition) is 2. The molecule has 10 aromatic carbocycles. The Hall–Kier alpha value is -6.05. The number of benzene rings is 10. The average Bonchev–Trinajstić information content (AvgIpc) is 3.41. The second-order valence-electron chi connectivity index (χ2n) is 18.7. The molecule has 0 amide bonds. The van der Waals surface area contributed by atoms with Crippen molar-refractivity contribution in [1.82, 2.24) is 0 Å². The molecule has 0 aliphatic carbocycles. The number of aryl methyl sites for hydroxylation is 7. The van der Waals surface area contributed by atoms with Crippen LogP contribution >= 0.6 is 56.2 Å².